The summed E-state index contributed by atoms with van der Waals surface area (Å²) in [5, 5.41) is 0. The Hall–Kier alpha value is -0.670. The second kappa shape index (κ2) is 3.37. The Morgan fingerprint density at radius 1 is 1.42 bits per heavy atom. The van der Waals surface area contributed by atoms with Gasteiger partial charge in [0.15, 0.2) is 0 Å². The van der Waals surface area contributed by atoms with Gasteiger partial charge in [-0.15, -0.1) is 0 Å². The summed E-state index contributed by atoms with van der Waals surface area (Å²) in [6.45, 7) is 0. The first-order valence-electron chi connectivity index (χ1n) is 4.05. The molecule has 4 heteroatoms. The maximum Gasteiger partial charge on any atom is 0.377 e. The molecule has 1 fully saturated rings. The summed E-state index contributed by atoms with van der Waals surface area (Å²) < 4.78 is 30.1. The van der Waals surface area contributed by atoms with Crippen LogP contribution in [-0.4, -0.2) is 19.0 Å². The van der Waals surface area contributed by atoms with Gasteiger partial charge in [0.05, 0.1) is 7.11 Å². The minimum Gasteiger partial charge on any atom is -0.465 e. The van der Waals surface area contributed by atoms with Gasteiger partial charge in [0.1, 0.15) is 0 Å². The lowest BCUT2D eigenvalue weighted by atomic mass is 10.0. The molecular formula is C8H12F2O2. The first-order valence-corrected chi connectivity index (χ1v) is 4.05. The first kappa shape index (κ1) is 9.42. The fourth-order valence-electron chi connectivity index (χ4n) is 1.59. The van der Waals surface area contributed by atoms with Crippen molar-refractivity contribution in [3.05, 3.63) is 0 Å². The molecule has 0 bridgehead atoms. The molecule has 12 heavy (non-hydrogen) atoms. The van der Waals surface area contributed by atoms with Crippen molar-refractivity contribution < 1.29 is 18.3 Å². The number of carbonyl (C=O) groups is 1. The summed E-state index contributed by atoms with van der Waals surface area (Å²) in [5.74, 6) is -5.47. The van der Waals surface area contributed by atoms with E-state index in [1.807, 2.05) is 0 Å². The van der Waals surface area contributed by atoms with Crippen LogP contribution in [0.1, 0.15) is 25.7 Å². The first-order chi connectivity index (χ1) is 5.59. The monoisotopic (exact) mass is 178 g/mol. The Kier molecular flexibility index (Phi) is 2.65. The third kappa shape index (κ3) is 1.57. The molecule has 0 atom stereocenters. The summed E-state index contributed by atoms with van der Waals surface area (Å²) in [6.07, 6.45) is 2.44. The van der Waals surface area contributed by atoms with Crippen molar-refractivity contribution in [1.82, 2.24) is 0 Å². The van der Waals surface area contributed by atoms with Gasteiger partial charge >= 0.3 is 11.9 Å². The number of hydrogen-bond acceptors (Lipinski definition) is 2. The summed E-state index contributed by atoms with van der Waals surface area (Å²) >= 11 is 0. The van der Waals surface area contributed by atoms with Crippen molar-refractivity contribution >= 4 is 5.97 Å². The van der Waals surface area contributed by atoms with E-state index in [1.165, 1.54) is 0 Å². The van der Waals surface area contributed by atoms with Crippen molar-refractivity contribution in [3.63, 3.8) is 0 Å². The zero-order chi connectivity index (χ0) is 9.19. The van der Waals surface area contributed by atoms with Gasteiger partial charge in [0.25, 0.3) is 0 Å². The topological polar surface area (TPSA) is 26.3 Å². The molecule has 1 rings (SSSR count). The summed E-state index contributed by atoms with van der Waals surface area (Å²) in [7, 11) is 0.991. The van der Waals surface area contributed by atoms with E-state index < -0.39 is 17.8 Å². The number of carbonyl (C=O) groups excluding carboxylic acids is 1. The Bertz CT molecular complexity index is 174. The molecule has 0 N–H and O–H groups in total. The van der Waals surface area contributed by atoms with Gasteiger partial charge in [-0.2, -0.15) is 8.78 Å². The highest BCUT2D eigenvalue weighted by molar-refractivity contribution is 5.77. The molecule has 0 heterocycles. The zero-order valence-electron chi connectivity index (χ0n) is 6.98. The molecule has 2 nitrogen and oxygen atoms in total. The molecule has 1 aliphatic carbocycles. The molecule has 0 aliphatic heterocycles. The fourth-order valence-corrected chi connectivity index (χ4v) is 1.59. The second-order valence-corrected chi connectivity index (χ2v) is 3.10. The molecule has 0 aromatic carbocycles. The predicted molar refractivity (Wildman–Crippen MR) is 38.9 cm³/mol. The Labute approximate surface area is 69.9 Å². The van der Waals surface area contributed by atoms with Crippen molar-refractivity contribution in [2.75, 3.05) is 7.11 Å². The van der Waals surface area contributed by atoms with Gasteiger partial charge < -0.3 is 4.74 Å². The van der Waals surface area contributed by atoms with Gasteiger partial charge in [-0.25, -0.2) is 4.79 Å². The summed E-state index contributed by atoms with van der Waals surface area (Å²) in [5.41, 5.74) is 0. The lowest BCUT2D eigenvalue weighted by Gasteiger charge is -2.19. The lowest BCUT2D eigenvalue weighted by Crippen LogP contribution is -2.36. The van der Waals surface area contributed by atoms with Crippen LogP contribution in [0.3, 0.4) is 0 Å². The van der Waals surface area contributed by atoms with E-state index in [-0.39, 0.29) is 0 Å². The van der Waals surface area contributed by atoms with Crippen LogP contribution < -0.4 is 0 Å². The molecule has 0 saturated heterocycles. The molecule has 1 aliphatic rings. The van der Waals surface area contributed by atoms with E-state index in [9.17, 15) is 13.6 Å². The minimum absolute atomic E-state index is 0.433. The van der Waals surface area contributed by atoms with Gasteiger partial charge in [-0.05, 0) is 12.8 Å². The largest absolute Gasteiger partial charge is 0.465 e. The van der Waals surface area contributed by atoms with Crippen molar-refractivity contribution in [2.45, 2.75) is 31.6 Å². The van der Waals surface area contributed by atoms with Gasteiger partial charge in [0, 0.05) is 5.92 Å². The molecule has 0 unspecified atom stereocenters. The highest BCUT2D eigenvalue weighted by Gasteiger charge is 2.48. The minimum atomic E-state index is -3.27. The molecule has 0 spiro atoms. The van der Waals surface area contributed by atoms with Crippen LogP contribution in [0.5, 0.6) is 0 Å². The van der Waals surface area contributed by atoms with E-state index in [1.54, 1.807) is 0 Å². The number of ether oxygens (including phenoxy) is 1. The van der Waals surface area contributed by atoms with Crippen LogP contribution in [0, 0.1) is 5.92 Å². The van der Waals surface area contributed by atoms with Crippen LogP contribution in [0.15, 0.2) is 0 Å². The van der Waals surface area contributed by atoms with E-state index >= 15 is 0 Å². The van der Waals surface area contributed by atoms with Crippen molar-refractivity contribution in [3.8, 4) is 0 Å². The number of methoxy groups -OCH3 is 1. The average Bonchev–Trinajstić information content (AvgIpc) is 2.55. The maximum absolute atomic E-state index is 13.0. The molecule has 0 amide bonds. The van der Waals surface area contributed by atoms with Crippen LogP contribution in [0.4, 0.5) is 8.78 Å². The molecule has 0 aromatic rings. The smallest absolute Gasteiger partial charge is 0.377 e. The average molecular weight is 178 g/mol. The predicted octanol–water partition coefficient (Wildman–Crippen LogP) is 1.98. The van der Waals surface area contributed by atoms with Crippen LogP contribution >= 0.6 is 0 Å². The van der Waals surface area contributed by atoms with Crippen molar-refractivity contribution in [1.29, 1.82) is 0 Å². The summed E-state index contributed by atoms with van der Waals surface area (Å²) in [6, 6.07) is 0. The lowest BCUT2D eigenvalue weighted by molar-refractivity contribution is -0.176. The molecular weight excluding hydrogens is 166 g/mol. The highest BCUT2D eigenvalue weighted by Crippen LogP contribution is 2.38. The van der Waals surface area contributed by atoms with E-state index in [2.05, 4.69) is 4.74 Å². The fraction of sp³-hybridized carbons (Fsp3) is 0.875. The van der Waals surface area contributed by atoms with Crippen molar-refractivity contribution in [2.24, 2.45) is 5.92 Å². The Morgan fingerprint density at radius 3 is 2.33 bits per heavy atom. The zero-order valence-corrected chi connectivity index (χ0v) is 6.98. The Morgan fingerprint density at radius 2 is 1.92 bits per heavy atom. The number of rotatable bonds is 2. The molecule has 0 radical (unpaired) electrons. The van der Waals surface area contributed by atoms with Gasteiger partial charge in [-0.1, -0.05) is 12.8 Å². The SMILES string of the molecule is COC(=O)C(F)(F)C1CCCC1. The van der Waals surface area contributed by atoms with E-state index in [0.717, 1.165) is 20.0 Å². The highest BCUT2D eigenvalue weighted by atomic mass is 19.3. The standard InChI is InChI=1S/C8H12F2O2/c1-12-7(11)8(9,10)6-4-2-3-5-6/h6H,2-5H2,1H3. The molecule has 1 saturated carbocycles. The van der Waals surface area contributed by atoms with E-state index in [4.69, 9.17) is 0 Å². The number of halogens is 2. The number of alkyl halides is 2. The molecule has 0 aromatic heterocycles. The third-order valence-corrected chi connectivity index (χ3v) is 2.33. The number of esters is 1. The van der Waals surface area contributed by atoms with Crippen LogP contribution in [-0.2, 0) is 9.53 Å². The van der Waals surface area contributed by atoms with Crippen LogP contribution in [0.25, 0.3) is 0 Å². The second-order valence-electron chi connectivity index (χ2n) is 3.10. The third-order valence-electron chi connectivity index (χ3n) is 2.33. The van der Waals surface area contributed by atoms with Gasteiger partial charge in [0.2, 0.25) is 0 Å². The summed E-state index contributed by atoms with van der Waals surface area (Å²) in [4.78, 5) is 10.6. The van der Waals surface area contributed by atoms with Gasteiger partial charge in [-0.3, -0.25) is 0 Å². The normalized spacial score (nSPS) is 19.6. The Balaban J connectivity index is 2.62. The van der Waals surface area contributed by atoms with Crippen LogP contribution in [0.2, 0.25) is 0 Å². The quantitative estimate of drug-likeness (QED) is 0.604. The maximum atomic E-state index is 13.0. The van der Waals surface area contributed by atoms with E-state index in [0.29, 0.717) is 12.8 Å². The molecule has 70 valence electrons. The number of hydrogen-bond donors (Lipinski definition) is 0.